The Bertz CT molecular complexity index is 451. The molecule has 8 heteroatoms. The van der Waals surface area contributed by atoms with E-state index >= 15 is 0 Å². The Balaban J connectivity index is 2.03. The van der Waals surface area contributed by atoms with Crippen LogP contribution in [-0.2, 0) is 4.74 Å². The van der Waals surface area contributed by atoms with Gasteiger partial charge < -0.3 is 25.4 Å². The van der Waals surface area contributed by atoms with Crippen LogP contribution in [0, 0.1) is 10.1 Å². The highest BCUT2D eigenvalue weighted by Crippen LogP contribution is 2.20. The fourth-order valence-corrected chi connectivity index (χ4v) is 1.78. The number of aliphatic hydroxyl groups is 3. The zero-order chi connectivity index (χ0) is 14.0. The third-order valence-electron chi connectivity index (χ3n) is 2.89. The van der Waals surface area contributed by atoms with E-state index in [9.17, 15) is 25.4 Å². The van der Waals surface area contributed by atoms with Crippen LogP contribution < -0.4 is 5.32 Å². The van der Waals surface area contributed by atoms with E-state index < -0.39 is 29.5 Å². The Hall–Kier alpha value is -1.74. The van der Waals surface area contributed by atoms with Gasteiger partial charge in [0.1, 0.15) is 18.3 Å². The summed E-state index contributed by atoms with van der Waals surface area (Å²) >= 11 is 0. The highest BCUT2D eigenvalue weighted by molar-refractivity contribution is 5.49. The molecule has 1 saturated heterocycles. The maximum atomic E-state index is 10.5. The Morgan fingerprint density at radius 2 is 1.84 bits per heavy atom. The average Bonchev–Trinajstić information content (AvgIpc) is 2.40. The number of nitrogens with zero attached hydrogens (tertiary/aromatic N) is 1. The van der Waals surface area contributed by atoms with Crippen LogP contribution in [0.4, 0.5) is 11.4 Å². The number of non-ortho nitro benzene ring substituents is 1. The largest absolute Gasteiger partial charge is 0.388 e. The minimum Gasteiger partial charge on any atom is -0.388 e. The summed E-state index contributed by atoms with van der Waals surface area (Å²) in [5.74, 6) is 0. The molecule has 1 aliphatic heterocycles. The van der Waals surface area contributed by atoms with Crippen molar-refractivity contribution in [2.45, 2.75) is 24.5 Å². The van der Waals surface area contributed by atoms with Crippen LogP contribution in [-0.4, -0.2) is 51.4 Å². The molecule has 4 atom stereocenters. The lowest BCUT2D eigenvalue weighted by atomic mass is 10.0. The monoisotopic (exact) mass is 270 g/mol. The third-order valence-corrected chi connectivity index (χ3v) is 2.89. The highest BCUT2D eigenvalue weighted by Gasteiger charge is 2.37. The normalized spacial score (nSPS) is 30.9. The van der Waals surface area contributed by atoms with Gasteiger partial charge in [-0.1, -0.05) is 0 Å². The molecule has 0 saturated carbocycles. The molecule has 2 rings (SSSR count). The SMILES string of the molecule is O=[N+]([O-])c1ccc(N[C@@H]2OC[C@@H](O)[C@H](O)[C@H]2O)cc1. The van der Waals surface area contributed by atoms with Gasteiger partial charge in [-0.05, 0) is 12.1 Å². The second-order valence-electron chi connectivity index (χ2n) is 4.25. The van der Waals surface area contributed by atoms with Crippen molar-refractivity contribution in [2.24, 2.45) is 0 Å². The molecular weight excluding hydrogens is 256 g/mol. The summed E-state index contributed by atoms with van der Waals surface area (Å²) in [6, 6.07) is 5.54. The lowest BCUT2D eigenvalue weighted by Gasteiger charge is -2.35. The molecule has 0 bridgehead atoms. The van der Waals surface area contributed by atoms with Gasteiger partial charge >= 0.3 is 0 Å². The number of anilines is 1. The molecule has 0 aliphatic carbocycles. The first kappa shape index (κ1) is 13.7. The number of benzene rings is 1. The summed E-state index contributed by atoms with van der Waals surface area (Å²) in [5.41, 5.74) is 0.448. The van der Waals surface area contributed by atoms with Crippen LogP contribution in [0.3, 0.4) is 0 Å². The summed E-state index contributed by atoms with van der Waals surface area (Å²) < 4.78 is 5.15. The first-order chi connectivity index (χ1) is 8.99. The molecule has 0 amide bonds. The maximum Gasteiger partial charge on any atom is 0.269 e. The minimum atomic E-state index is -1.30. The van der Waals surface area contributed by atoms with Gasteiger partial charge in [0.2, 0.25) is 0 Å². The predicted molar refractivity (Wildman–Crippen MR) is 64.5 cm³/mol. The van der Waals surface area contributed by atoms with Gasteiger partial charge in [-0.2, -0.15) is 0 Å². The van der Waals surface area contributed by atoms with Crippen LogP contribution in [0.1, 0.15) is 0 Å². The van der Waals surface area contributed by atoms with E-state index in [1.807, 2.05) is 0 Å². The Labute approximate surface area is 108 Å². The topological polar surface area (TPSA) is 125 Å². The molecule has 0 radical (unpaired) electrons. The van der Waals surface area contributed by atoms with Gasteiger partial charge in [-0.25, -0.2) is 0 Å². The fourth-order valence-electron chi connectivity index (χ4n) is 1.78. The van der Waals surface area contributed by atoms with Crippen molar-refractivity contribution >= 4 is 11.4 Å². The Morgan fingerprint density at radius 1 is 1.21 bits per heavy atom. The highest BCUT2D eigenvalue weighted by atomic mass is 16.6. The number of nitrogens with one attached hydrogen (secondary N) is 1. The van der Waals surface area contributed by atoms with Crippen LogP contribution >= 0.6 is 0 Å². The standard InChI is InChI=1S/C11H14N2O6/c14-8-5-19-11(10(16)9(8)15)12-6-1-3-7(4-2-6)13(17)18/h1-4,8-12,14-16H,5H2/t8-,9+,10-,11-/m1/s1. The van der Waals surface area contributed by atoms with Crippen molar-refractivity contribution in [3.63, 3.8) is 0 Å². The molecule has 1 aromatic carbocycles. The van der Waals surface area contributed by atoms with Crippen molar-refractivity contribution in [2.75, 3.05) is 11.9 Å². The van der Waals surface area contributed by atoms with Crippen molar-refractivity contribution < 1.29 is 25.0 Å². The van der Waals surface area contributed by atoms with E-state index in [0.717, 1.165) is 0 Å². The molecule has 0 aromatic heterocycles. The minimum absolute atomic E-state index is 0.0499. The molecule has 104 valence electrons. The van der Waals surface area contributed by atoms with Gasteiger partial charge in [-0.15, -0.1) is 0 Å². The van der Waals surface area contributed by atoms with E-state index in [2.05, 4.69) is 5.32 Å². The van der Waals surface area contributed by atoms with Gasteiger partial charge in [0.05, 0.1) is 11.5 Å². The Morgan fingerprint density at radius 3 is 2.42 bits per heavy atom. The van der Waals surface area contributed by atoms with Crippen molar-refractivity contribution in [1.29, 1.82) is 0 Å². The molecule has 4 N–H and O–H groups in total. The number of aliphatic hydroxyl groups excluding tert-OH is 3. The lowest BCUT2D eigenvalue weighted by molar-refractivity contribution is -0.384. The number of rotatable bonds is 3. The zero-order valence-electron chi connectivity index (χ0n) is 9.84. The van der Waals surface area contributed by atoms with E-state index in [4.69, 9.17) is 4.74 Å². The van der Waals surface area contributed by atoms with E-state index in [1.165, 1.54) is 24.3 Å². The predicted octanol–water partition coefficient (Wildman–Crippen LogP) is -0.554. The van der Waals surface area contributed by atoms with Gasteiger partial charge in [-0.3, -0.25) is 10.1 Å². The molecule has 1 aromatic rings. The van der Waals surface area contributed by atoms with Crippen LogP contribution in [0.15, 0.2) is 24.3 Å². The summed E-state index contributed by atoms with van der Waals surface area (Å²) in [6.07, 6.45) is -4.62. The molecule has 1 heterocycles. The fraction of sp³-hybridized carbons (Fsp3) is 0.455. The molecule has 0 unspecified atom stereocenters. The second kappa shape index (κ2) is 5.49. The molecular formula is C11H14N2O6. The Kier molecular flexibility index (Phi) is 3.96. The summed E-state index contributed by atoms with van der Waals surface area (Å²) in [4.78, 5) is 9.97. The number of hydrogen-bond acceptors (Lipinski definition) is 7. The second-order valence-corrected chi connectivity index (χ2v) is 4.25. The van der Waals surface area contributed by atoms with Crippen LogP contribution in [0.2, 0.25) is 0 Å². The first-order valence-corrected chi connectivity index (χ1v) is 5.66. The van der Waals surface area contributed by atoms with Crippen LogP contribution in [0.5, 0.6) is 0 Å². The van der Waals surface area contributed by atoms with E-state index in [0.29, 0.717) is 5.69 Å². The van der Waals surface area contributed by atoms with Crippen molar-refractivity contribution in [3.05, 3.63) is 34.4 Å². The average molecular weight is 270 g/mol. The maximum absolute atomic E-state index is 10.5. The van der Waals surface area contributed by atoms with E-state index in [-0.39, 0.29) is 12.3 Å². The number of nitro groups is 1. The molecule has 1 fully saturated rings. The molecule has 8 nitrogen and oxygen atoms in total. The van der Waals surface area contributed by atoms with E-state index in [1.54, 1.807) is 0 Å². The quantitative estimate of drug-likeness (QED) is 0.428. The van der Waals surface area contributed by atoms with Crippen molar-refractivity contribution in [1.82, 2.24) is 0 Å². The molecule has 1 aliphatic rings. The molecule has 0 spiro atoms. The smallest absolute Gasteiger partial charge is 0.269 e. The summed E-state index contributed by atoms with van der Waals surface area (Å²) in [5, 5.41) is 41.8. The van der Waals surface area contributed by atoms with Gasteiger partial charge in [0.15, 0.2) is 6.23 Å². The molecule has 19 heavy (non-hydrogen) atoms. The number of hydrogen-bond donors (Lipinski definition) is 4. The lowest BCUT2D eigenvalue weighted by Crippen LogP contribution is -2.55. The van der Waals surface area contributed by atoms with Crippen molar-refractivity contribution in [3.8, 4) is 0 Å². The summed E-state index contributed by atoms with van der Waals surface area (Å²) in [7, 11) is 0. The van der Waals surface area contributed by atoms with Gasteiger partial charge in [0.25, 0.3) is 5.69 Å². The summed E-state index contributed by atoms with van der Waals surface area (Å²) in [6.45, 7) is -0.108. The van der Waals surface area contributed by atoms with Crippen LogP contribution in [0.25, 0.3) is 0 Å². The first-order valence-electron chi connectivity index (χ1n) is 5.66. The van der Waals surface area contributed by atoms with Gasteiger partial charge in [0, 0.05) is 17.8 Å². The number of nitro benzene ring substituents is 1. The number of ether oxygens (including phenoxy) is 1. The third kappa shape index (κ3) is 2.99. The zero-order valence-corrected chi connectivity index (χ0v) is 9.84.